The van der Waals surface area contributed by atoms with Crippen LogP contribution in [0.2, 0.25) is 0 Å². The zero-order valence-corrected chi connectivity index (χ0v) is 10.5. The minimum absolute atomic E-state index is 0.301. The van der Waals surface area contributed by atoms with Crippen molar-refractivity contribution in [1.29, 1.82) is 0 Å². The molecule has 0 spiro atoms. The summed E-state index contributed by atoms with van der Waals surface area (Å²) in [7, 11) is 0. The topological polar surface area (TPSA) is 31.2 Å². The van der Waals surface area contributed by atoms with E-state index in [0.29, 0.717) is 12.2 Å². The molecule has 0 amide bonds. The monoisotopic (exact) mass is 243 g/mol. The molecule has 3 rings (SSSR count). The zero-order chi connectivity index (χ0) is 12.5. The third kappa shape index (κ3) is 2.06. The van der Waals surface area contributed by atoms with Crippen molar-refractivity contribution in [2.24, 2.45) is 0 Å². The van der Waals surface area contributed by atoms with E-state index in [1.54, 1.807) is 0 Å². The predicted molar refractivity (Wildman–Crippen MR) is 70.9 cm³/mol. The highest BCUT2D eigenvalue weighted by Crippen LogP contribution is 2.23. The molecule has 2 aromatic rings. The molecule has 2 heterocycles. The number of carbonyl (C=O) groups excluding carboxylic acids is 1. The lowest BCUT2D eigenvalue weighted by molar-refractivity contribution is 0.0465. The number of aldehydes is 1. The number of ether oxygens (including phenoxy) is 1. The lowest BCUT2D eigenvalue weighted by atomic mass is 10.2. The van der Waals surface area contributed by atoms with Crippen molar-refractivity contribution in [2.45, 2.75) is 38.5 Å². The van der Waals surface area contributed by atoms with Crippen LogP contribution >= 0.6 is 0 Å². The van der Waals surface area contributed by atoms with Crippen LogP contribution < -0.4 is 0 Å². The largest absolute Gasteiger partial charge is 0.373 e. The molecule has 1 aromatic heterocycles. The van der Waals surface area contributed by atoms with Crippen LogP contribution in [0, 0.1) is 0 Å². The van der Waals surface area contributed by atoms with E-state index < -0.39 is 0 Å². The van der Waals surface area contributed by atoms with Gasteiger partial charge in [-0.3, -0.25) is 4.79 Å². The third-order valence-corrected chi connectivity index (χ3v) is 3.65. The van der Waals surface area contributed by atoms with Crippen LogP contribution in [0.25, 0.3) is 10.9 Å². The fourth-order valence-electron chi connectivity index (χ4n) is 2.67. The first-order chi connectivity index (χ1) is 8.76. The molecule has 18 heavy (non-hydrogen) atoms. The van der Waals surface area contributed by atoms with E-state index in [0.717, 1.165) is 36.8 Å². The summed E-state index contributed by atoms with van der Waals surface area (Å²) in [5, 5.41) is 1.17. The molecule has 1 aliphatic heterocycles. The van der Waals surface area contributed by atoms with Crippen LogP contribution in [-0.4, -0.2) is 23.1 Å². The first-order valence-electron chi connectivity index (χ1n) is 6.46. The van der Waals surface area contributed by atoms with Gasteiger partial charge in [0.25, 0.3) is 0 Å². The van der Waals surface area contributed by atoms with Gasteiger partial charge in [-0.1, -0.05) is 12.1 Å². The van der Waals surface area contributed by atoms with E-state index in [9.17, 15) is 4.79 Å². The maximum Gasteiger partial charge on any atom is 0.150 e. The number of benzene rings is 1. The van der Waals surface area contributed by atoms with Crippen molar-refractivity contribution in [3.63, 3.8) is 0 Å². The summed E-state index contributed by atoms with van der Waals surface area (Å²) in [6.07, 6.45) is 5.91. The van der Waals surface area contributed by atoms with Gasteiger partial charge in [0, 0.05) is 23.8 Å². The predicted octanol–water partition coefficient (Wildman–Crippen LogP) is 3.02. The molecule has 1 fully saturated rings. The van der Waals surface area contributed by atoms with Gasteiger partial charge in [-0.05, 0) is 37.3 Å². The van der Waals surface area contributed by atoms with Crippen molar-refractivity contribution in [3.05, 3.63) is 36.0 Å². The Balaban J connectivity index is 1.89. The summed E-state index contributed by atoms with van der Waals surface area (Å²) >= 11 is 0. The smallest absolute Gasteiger partial charge is 0.150 e. The molecule has 0 N–H and O–H groups in total. The molecule has 1 saturated heterocycles. The Labute approximate surface area is 106 Å². The number of aromatic nitrogens is 1. The molecule has 1 aliphatic rings. The minimum atomic E-state index is 0.301. The number of hydrogen-bond donors (Lipinski definition) is 0. The first kappa shape index (κ1) is 11.5. The standard InChI is InChI=1S/C15H17NO2/c1-11-2-5-14(18-11)9-16-7-6-13-4-3-12(10-17)8-15(13)16/h3-4,6-8,10-11,14H,2,5,9H2,1H3. The highest BCUT2D eigenvalue weighted by molar-refractivity contribution is 5.87. The summed E-state index contributed by atoms with van der Waals surface area (Å²) in [6.45, 7) is 2.99. The Morgan fingerprint density at radius 3 is 3.00 bits per heavy atom. The average molecular weight is 243 g/mol. The summed E-state index contributed by atoms with van der Waals surface area (Å²) in [5.41, 5.74) is 1.84. The van der Waals surface area contributed by atoms with Crippen molar-refractivity contribution in [1.82, 2.24) is 4.57 Å². The number of nitrogens with zero attached hydrogens (tertiary/aromatic N) is 1. The second kappa shape index (κ2) is 4.58. The van der Waals surface area contributed by atoms with Gasteiger partial charge >= 0.3 is 0 Å². The maximum atomic E-state index is 10.8. The lowest BCUT2D eigenvalue weighted by Gasteiger charge is -2.13. The summed E-state index contributed by atoms with van der Waals surface area (Å²) in [6, 6.07) is 7.88. The number of hydrogen-bond acceptors (Lipinski definition) is 2. The lowest BCUT2D eigenvalue weighted by Crippen LogP contribution is -2.15. The summed E-state index contributed by atoms with van der Waals surface area (Å²) < 4.78 is 8.04. The summed E-state index contributed by atoms with van der Waals surface area (Å²) in [4.78, 5) is 10.8. The fraction of sp³-hybridized carbons (Fsp3) is 0.400. The van der Waals surface area contributed by atoms with Crippen LogP contribution in [0.15, 0.2) is 30.5 Å². The highest BCUT2D eigenvalue weighted by Gasteiger charge is 2.22. The van der Waals surface area contributed by atoms with Crippen LogP contribution in [-0.2, 0) is 11.3 Å². The first-order valence-corrected chi connectivity index (χ1v) is 6.46. The average Bonchev–Trinajstić information content (AvgIpc) is 2.96. The van der Waals surface area contributed by atoms with Crippen LogP contribution in [0.4, 0.5) is 0 Å². The van der Waals surface area contributed by atoms with Gasteiger partial charge in [-0.15, -0.1) is 0 Å². The Bertz CT molecular complexity index is 573. The fourth-order valence-corrected chi connectivity index (χ4v) is 2.67. The van der Waals surface area contributed by atoms with Gasteiger partial charge in [-0.25, -0.2) is 0 Å². The maximum absolute atomic E-state index is 10.8. The molecule has 0 aliphatic carbocycles. The van der Waals surface area contributed by atoms with Crippen molar-refractivity contribution in [2.75, 3.05) is 0 Å². The molecule has 2 unspecified atom stereocenters. The van der Waals surface area contributed by atoms with Gasteiger partial charge in [0.15, 0.2) is 0 Å². The molecule has 3 nitrogen and oxygen atoms in total. The molecule has 1 aromatic carbocycles. The number of fused-ring (bicyclic) bond motifs is 1. The van der Waals surface area contributed by atoms with Gasteiger partial charge in [0.2, 0.25) is 0 Å². The van der Waals surface area contributed by atoms with Crippen molar-refractivity contribution >= 4 is 17.2 Å². The van der Waals surface area contributed by atoms with E-state index in [2.05, 4.69) is 23.8 Å². The quantitative estimate of drug-likeness (QED) is 0.776. The van der Waals surface area contributed by atoms with Crippen LogP contribution in [0.3, 0.4) is 0 Å². The zero-order valence-electron chi connectivity index (χ0n) is 10.5. The molecule has 0 saturated carbocycles. The Morgan fingerprint density at radius 2 is 2.28 bits per heavy atom. The van der Waals surface area contributed by atoms with E-state index >= 15 is 0 Å². The molecule has 0 bridgehead atoms. The minimum Gasteiger partial charge on any atom is -0.373 e. The number of rotatable bonds is 3. The second-order valence-electron chi connectivity index (χ2n) is 5.05. The van der Waals surface area contributed by atoms with Crippen LogP contribution in [0.5, 0.6) is 0 Å². The van der Waals surface area contributed by atoms with E-state index in [4.69, 9.17) is 4.74 Å². The molecule has 94 valence electrons. The molecule has 0 radical (unpaired) electrons. The van der Waals surface area contributed by atoms with Gasteiger partial charge in [0.05, 0.1) is 12.2 Å². The molecule has 3 heteroatoms. The van der Waals surface area contributed by atoms with Gasteiger partial charge in [-0.2, -0.15) is 0 Å². The van der Waals surface area contributed by atoms with E-state index in [1.165, 1.54) is 5.39 Å². The Morgan fingerprint density at radius 1 is 1.39 bits per heavy atom. The second-order valence-corrected chi connectivity index (χ2v) is 5.05. The molecule has 2 atom stereocenters. The summed E-state index contributed by atoms with van der Waals surface area (Å²) in [5.74, 6) is 0. The van der Waals surface area contributed by atoms with Gasteiger partial charge < -0.3 is 9.30 Å². The molecular formula is C15H17NO2. The third-order valence-electron chi connectivity index (χ3n) is 3.65. The van der Waals surface area contributed by atoms with E-state index in [1.807, 2.05) is 18.2 Å². The van der Waals surface area contributed by atoms with Crippen molar-refractivity contribution in [3.8, 4) is 0 Å². The van der Waals surface area contributed by atoms with E-state index in [-0.39, 0.29) is 0 Å². The van der Waals surface area contributed by atoms with Gasteiger partial charge in [0.1, 0.15) is 6.29 Å². The van der Waals surface area contributed by atoms with Crippen LogP contribution in [0.1, 0.15) is 30.1 Å². The Kier molecular flexibility index (Phi) is 2.92. The SMILES string of the molecule is CC1CCC(Cn2ccc3ccc(C=O)cc32)O1. The number of carbonyl (C=O) groups is 1. The normalized spacial score (nSPS) is 23.6. The molecular weight excluding hydrogens is 226 g/mol. The highest BCUT2D eigenvalue weighted by atomic mass is 16.5. The van der Waals surface area contributed by atoms with Crippen molar-refractivity contribution < 1.29 is 9.53 Å². The Hall–Kier alpha value is -1.61.